The van der Waals surface area contributed by atoms with Crippen LogP contribution < -0.4 is 0 Å². The molecule has 2 nitrogen and oxygen atoms in total. The van der Waals surface area contributed by atoms with Gasteiger partial charge in [0.25, 0.3) is 0 Å². The van der Waals surface area contributed by atoms with Gasteiger partial charge < -0.3 is 4.74 Å². The van der Waals surface area contributed by atoms with Crippen molar-refractivity contribution in [3.8, 4) is 6.07 Å². The molecule has 0 atom stereocenters. The lowest BCUT2D eigenvalue weighted by molar-refractivity contribution is 0.221. The van der Waals surface area contributed by atoms with E-state index in [2.05, 4.69) is 0 Å². The Bertz CT molecular complexity index is 132. The second kappa shape index (κ2) is 5.17. The lowest BCUT2D eigenvalue weighted by Crippen LogP contribution is -1.88. The predicted molar refractivity (Wildman–Crippen MR) is 35.6 cm³/mol. The van der Waals surface area contributed by atoms with Gasteiger partial charge in [0.2, 0.25) is 0 Å². The van der Waals surface area contributed by atoms with Crippen molar-refractivity contribution in [3.63, 3.8) is 0 Å². The second-order valence-electron chi connectivity index (χ2n) is 1.53. The van der Waals surface area contributed by atoms with Crippen LogP contribution in [0.4, 0.5) is 0 Å². The van der Waals surface area contributed by atoms with Crippen molar-refractivity contribution < 1.29 is 4.74 Å². The molecule has 0 heterocycles. The third kappa shape index (κ3) is 3.60. The Balaban J connectivity index is 3.70. The van der Waals surface area contributed by atoms with Gasteiger partial charge in [-0.15, -0.1) is 0 Å². The van der Waals surface area contributed by atoms with E-state index < -0.39 is 0 Å². The number of nitriles is 1. The van der Waals surface area contributed by atoms with Crippen molar-refractivity contribution in [1.82, 2.24) is 0 Å². The maximum Gasteiger partial charge on any atom is 0.106 e. The summed E-state index contributed by atoms with van der Waals surface area (Å²) in [5.74, 6) is 0.764. The van der Waals surface area contributed by atoms with Crippen LogP contribution in [0.3, 0.4) is 0 Å². The van der Waals surface area contributed by atoms with Crippen molar-refractivity contribution in [3.05, 3.63) is 11.8 Å². The molecule has 0 N–H and O–H groups in total. The lowest BCUT2D eigenvalue weighted by atomic mass is 10.4. The van der Waals surface area contributed by atoms with E-state index in [4.69, 9.17) is 10.00 Å². The molecule has 0 aromatic heterocycles. The molecule has 0 aliphatic carbocycles. The van der Waals surface area contributed by atoms with Gasteiger partial charge in [-0.05, 0) is 6.92 Å². The first-order valence-electron chi connectivity index (χ1n) is 3.06. The summed E-state index contributed by atoms with van der Waals surface area (Å²) in [6.07, 6.45) is 2.23. The van der Waals surface area contributed by atoms with E-state index in [1.165, 1.54) is 6.08 Å². The summed E-state index contributed by atoms with van der Waals surface area (Å²) in [7, 11) is 0. The van der Waals surface area contributed by atoms with Gasteiger partial charge in [0.05, 0.1) is 18.8 Å². The summed E-state index contributed by atoms with van der Waals surface area (Å²) in [5.41, 5.74) is 0. The first-order chi connectivity index (χ1) is 4.35. The van der Waals surface area contributed by atoms with Gasteiger partial charge in [-0.2, -0.15) is 5.26 Å². The van der Waals surface area contributed by atoms with Gasteiger partial charge in [0.15, 0.2) is 0 Å². The van der Waals surface area contributed by atoms with Gasteiger partial charge in [0, 0.05) is 6.42 Å². The van der Waals surface area contributed by atoms with Crippen molar-refractivity contribution in [2.24, 2.45) is 0 Å². The SMILES string of the molecule is CCOC(=CC#N)CC. The van der Waals surface area contributed by atoms with Crippen molar-refractivity contribution >= 4 is 0 Å². The van der Waals surface area contributed by atoms with Crippen molar-refractivity contribution in [1.29, 1.82) is 5.26 Å². The summed E-state index contributed by atoms with van der Waals surface area (Å²) in [6, 6.07) is 1.92. The molecule has 0 bridgehead atoms. The van der Waals surface area contributed by atoms with E-state index in [0.717, 1.165) is 12.2 Å². The second-order valence-corrected chi connectivity index (χ2v) is 1.53. The van der Waals surface area contributed by atoms with Crippen molar-refractivity contribution in [2.45, 2.75) is 20.3 Å². The molecule has 0 amide bonds. The summed E-state index contributed by atoms with van der Waals surface area (Å²) >= 11 is 0. The quantitative estimate of drug-likeness (QED) is 0.426. The van der Waals surface area contributed by atoms with Gasteiger partial charge in [-0.1, -0.05) is 6.92 Å². The minimum absolute atomic E-state index is 0.640. The fourth-order valence-corrected chi connectivity index (χ4v) is 0.503. The molecule has 0 fully saturated rings. The van der Waals surface area contributed by atoms with Gasteiger partial charge in [-0.3, -0.25) is 0 Å². The summed E-state index contributed by atoms with van der Waals surface area (Å²) in [5, 5.41) is 8.19. The Hall–Kier alpha value is -0.970. The molecule has 0 rings (SSSR count). The van der Waals surface area contributed by atoms with Gasteiger partial charge in [-0.25, -0.2) is 0 Å². The molecule has 2 heteroatoms. The molecular formula is C7H11NO. The van der Waals surface area contributed by atoms with Crippen LogP contribution >= 0.6 is 0 Å². The average Bonchev–Trinajstić information content (AvgIpc) is 1.88. The minimum atomic E-state index is 0.640. The standard InChI is InChI=1S/C7H11NO/c1-3-7(5-6-8)9-4-2/h5H,3-4H2,1-2H3. The predicted octanol–water partition coefficient (Wildman–Crippen LogP) is 1.84. The lowest BCUT2D eigenvalue weighted by Gasteiger charge is -2.01. The zero-order valence-electron chi connectivity index (χ0n) is 5.85. The molecule has 0 saturated heterocycles. The third-order valence-electron chi connectivity index (χ3n) is 0.904. The third-order valence-corrected chi connectivity index (χ3v) is 0.904. The Morgan fingerprint density at radius 2 is 2.33 bits per heavy atom. The van der Waals surface area contributed by atoms with E-state index in [0.29, 0.717) is 6.61 Å². The van der Waals surface area contributed by atoms with Crippen LogP contribution in [0.5, 0.6) is 0 Å². The molecule has 50 valence electrons. The molecular weight excluding hydrogens is 114 g/mol. The first kappa shape index (κ1) is 8.03. The van der Waals surface area contributed by atoms with Crippen LogP contribution in [-0.4, -0.2) is 6.61 Å². The largest absolute Gasteiger partial charge is 0.497 e. The molecule has 9 heavy (non-hydrogen) atoms. The average molecular weight is 125 g/mol. The van der Waals surface area contributed by atoms with E-state index in [1.54, 1.807) is 0 Å². The van der Waals surface area contributed by atoms with Gasteiger partial charge >= 0.3 is 0 Å². The van der Waals surface area contributed by atoms with Crippen LogP contribution in [0.25, 0.3) is 0 Å². The first-order valence-corrected chi connectivity index (χ1v) is 3.06. The van der Waals surface area contributed by atoms with E-state index in [9.17, 15) is 0 Å². The highest BCUT2D eigenvalue weighted by Gasteiger charge is 1.88. The topological polar surface area (TPSA) is 33.0 Å². The monoisotopic (exact) mass is 125 g/mol. The van der Waals surface area contributed by atoms with E-state index in [-0.39, 0.29) is 0 Å². The summed E-state index contributed by atoms with van der Waals surface area (Å²) < 4.78 is 5.07. The molecule has 0 unspecified atom stereocenters. The fraction of sp³-hybridized carbons (Fsp3) is 0.571. The maximum atomic E-state index is 8.19. The Kier molecular flexibility index (Phi) is 4.61. The highest BCUT2D eigenvalue weighted by atomic mass is 16.5. The minimum Gasteiger partial charge on any atom is -0.497 e. The molecule has 0 spiro atoms. The summed E-state index contributed by atoms with van der Waals surface area (Å²) in [4.78, 5) is 0. The van der Waals surface area contributed by atoms with Crippen LogP contribution in [0.2, 0.25) is 0 Å². The fourth-order valence-electron chi connectivity index (χ4n) is 0.503. The summed E-state index contributed by atoms with van der Waals surface area (Å²) in [6.45, 7) is 4.50. The Morgan fingerprint density at radius 1 is 1.67 bits per heavy atom. The highest BCUT2D eigenvalue weighted by Crippen LogP contribution is 2.00. The van der Waals surface area contributed by atoms with Crippen LogP contribution in [0, 0.1) is 11.3 Å². The number of allylic oxidation sites excluding steroid dienone is 2. The van der Waals surface area contributed by atoms with Crippen LogP contribution in [-0.2, 0) is 4.74 Å². The Morgan fingerprint density at radius 3 is 2.67 bits per heavy atom. The molecule has 0 radical (unpaired) electrons. The number of hydrogen-bond donors (Lipinski definition) is 0. The highest BCUT2D eigenvalue weighted by molar-refractivity contribution is 5.07. The van der Waals surface area contributed by atoms with E-state index >= 15 is 0 Å². The van der Waals surface area contributed by atoms with Crippen LogP contribution in [0.15, 0.2) is 11.8 Å². The number of rotatable bonds is 3. The molecule has 0 aliphatic rings. The zero-order valence-corrected chi connectivity index (χ0v) is 5.85. The zero-order chi connectivity index (χ0) is 7.11. The molecule has 0 aliphatic heterocycles. The number of hydrogen-bond acceptors (Lipinski definition) is 2. The molecule has 0 aromatic rings. The smallest absolute Gasteiger partial charge is 0.106 e. The maximum absolute atomic E-state index is 8.19. The normalized spacial score (nSPS) is 10.6. The number of nitrogens with zero attached hydrogens (tertiary/aromatic N) is 1. The molecule has 0 aromatic carbocycles. The van der Waals surface area contributed by atoms with Gasteiger partial charge in [0.1, 0.15) is 5.76 Å². The molecule has 0 saturated carbocycles. The van der Waals surface area contributed by atoms with Crippen molar-refractivity contribution in [2.75, 3.05) is 6.61 Å². The Labute approximate surface area is 55.7 Å². The van der Waals surface area contributed by atoms with E-state index in [1.807, 2.05) is 19.9 Å². The number of ether oxygens (including phenoxy) is 1. The van der Waals surface area contributed by atoms with Crippen LogP contribution in [0.1, 0.15) is 20.3 Å².